The van der Waals surface area contributed by atoms with Crippen molar-refractivity contribution in [1.82, 2.24) is 9.97 Å². The zero-order chi connectivity index (χ0) is 21.1. The Labute approximate surface area is 175 Å². The third-order valence-corrected chi connectivity index (χ3v) is 5.20. The molecule has 0 aliphatic carbocycles. The molecule has 0 aliphatic rings. The molecule has 8 heteroatoms. The van der Waals surface area contributed by atoms with Crippen LogP contribution in [0.1, 0.15) is 5.56 Å². The molecule has 0 radical (unpaired) electrons. The fraction of sp³-hybridized carbons (Fsp3) is 0.0909. The van der Waals surface area contributed by atoms with E-state index in [1.807, 2.05) is 6.92 Å². The van der Waals surface area contributed by atoms with Gasteiger partial charge in [-0.05, 0) is 55.0 Å². The molecule has 0 saturated heterocycles. The Hall–Kier alpha value is -3.52. The summed E-state index contributed by atoms with van der Waals surface area (Å²) in [5, 5.41) is 4.03. The third-order valence-electron chi connectivity index (χ3n) is 4.34. The molecule has 30 heavy (non-hydrogen) atoms. The van der Waals surface area contributed by atoms with Gasteiger partial charge in [-0.2, -0.15) is 0 Å². The number of aryl methyl sites for hydroxylation is 1. The normalized spacial score (nSPS) is 10.9. The van der Waals surface area contributed by atoms with E-state index in [-0.39, 0.29) is 17.5 Å². The number of amides is 1. The van der Waals surface area contributed by atoms with Crippen LogP contribution in [0.3, 0.4) is 0 Å². The molecule has 2 heterocycles. The molecular weight excluding hydrogens is 405 g/mol. The van der Waals surface area contributed by atoms with E-state index in [1.165, 1.54) is 30.0 Å². The molecule has 0 bridgehead atoms. The average Bonchev–Trinajstić information content (AvgIpc) is 2.72. The first-order chi connectivity index (χ1) is 14.5. The second kappa shape index (κ2) is 8.46. The lowest BCUT2D eigenvalue weighted by atomic mass is 10.1. The van der Waals surface area contributed by atoms with Gasteiger partial charge in [-0.15, -0.1) is 0 Å². The summed E-state index contributed by atoms with van der Waals surface area (Å²) >= 11 is 1.19. The van der Waals surface area contributed by atoms with Crippen LogP contribution in [0.5, 0.6) is 0 Å². The van der Waals surface area contributed by atoms with Crippen molar-refractivity contribution in [3.8, 4) is 11.3 Å². The van der Waals surface area contributed by atoms with E-state index in [1.54, 1.807) is 42.6 Å². The zero-order valence-electron chi connectivity index (χ0n) is 15.9. The number of hydrogen-bond acceptors (Lipinski definition) is 6. The maximum atomic E-state index is 13.1. The van der Waals surface area contributed by atoms with Crippen LogP contribution < -0.4 is 10.9 Å². The van der Waals surface area contributed by atoms with Crippen molar-refractivity contribution in [2.24, 2.45) is 0 Å². The molecule has 1 N–H and O–H groups in total. The highest BCUT2D eigenvalue weighted by Gasteiger charge is 2.09. The van der Waals surface area contributed by atoms with Crippen LogP contribution in [0.4, 0.5) is 10.1 Å². The average molecular weight is 421 g/mol. The van der Waals surface area contributed by atoms with E-state index in [2.05, 4.69) is 15.3 Å². The summed E-state index contributed by atoms with van der Waals surface area (Å²) in [6, 6.07) is 14.3. The number of rotatable bonds is 5. The van der Waals surface area contributed by atoms with Crippen LogP contribution in [-0.2, 0) is 4.79 Å². The number of nitrogens with one attached hydrogen (secondary N) is 1. The first kappa shape index (κ1) is 19.8. The van der Waals surface area contributed by atoms with Gasteiger partial charge in [-0.25, -0.2) is 19.2 Å². The second-order valence-corrected chi connectivity index (χ2v) is 7.47. The lowest BCUT2D eigenvalue weighted by Crippen LogP contribution is -2.14. The van der Waals surface area contributed by atoms with E-state index in [4.69, 9.17) is 4.42 Å². The summed E-state index contributed by atoms with van der Waals surface area (Å²) < 4.78 is 18.3. The van der Waals surface area contributed by atoms with E-state index >= 15 is 0 Å². The number of aromatic nitrogens is 2. The van der Waals surface area contributed by atoms with Gasteiger partial charge in [0.15, 0.2) is 5.16 Å². The monoisotopic (exact) mass is 421 g/mol. The quantitative estimate of drug-likeness (QED) is 0.292. The predicted octanol–water partition coefficient (Wildman–Crippen LogP) is 4.43. The van der Waals surface area contributed by atoms with Crippen LogP contribution in [0, 0.1) is 12.7 Å². The Bertz CT molecular complexity index is 1290. The highest BCUT2D eigenvalue weighted by Crippen LogP contribution is 2.22. The molecule has 0 unspecified atom stereocenters. The Morgan fingerprint density at radius 1 is 1.13 bits per heavy atom. The minimum absolute atomic E-state index is 0.0999. The molecule has 0 spiro atoms. The van der Waals surface area contributed by atoms with Crippen molar-refractivity contribution in [1.29, 1.82) is 0 Å². The number of anilines is 1. The highest BCUT2D eigenvalue weighted by atomic mass is 32.2. The zero-order valence-corrected chi connectivity index (χ0v) is 16.7. The fourth-order valence-electron chi connectivity index (χ4n) is 2.92. The number of carbonyl (C=O) groups is 1. The van der Waals surface area contributed by atoms with Crippen molar-refractivity contribution in [2.75, 3.05) is 11.1 Å². The van der Waals surface area contributed by atoms with E-state index in [0.717, 1.165) is 16.5 Å². The van der Waals surface area contributed by atoms with E-state index in [0.29, 0.717) is 22.1 Å². The summed E-state index contributed by atoms with van der Waals surface area (Å²) in [4.78, 5) is 32.5. The summed E-state index contributed by atoms with van der Waals surface area (Å²) in [6.07, 6.45) is 1.60. The molecule has 2 aromatic carbocycles. The molecule has 2 aromatic heterocycles. The number of hydrogen-bond donors (Lipinski definition) is 1. The van der Waals surface area contributed by atoms with E-state index in [9.17, 15) is 14.0 Å². The SMILES string of the molecule is Cc1cc(=O)oc2cc(NC(=O)CSc3nccc(-c4ccc(F)cc4)n3)ccc12. The minimum Gasteiger partial charge on any atom is -0.423 e. The van der Waals surface area contributed by atoms with Crippen LogP contribution in [0.25, 0.3) is 22.2 Å². The van der Waals surface area contributed by atoms with Crippen LogP contribution in [-0.4, -0.2) is 21.6 Å². The number of fused-ring (bicyclic) bond motifs is 1. The van der Waals surface area contributed by atoms with E-state index < -0.39 is 5.63 Å². The summed E-state index contributed by atoms with van der Waals surface area (Å²) in [5.74, 6) is -0.463. The molecule has 150 valence electrons. The standard InChI is InChI=1S/C22H16FN3O3S/c1-13-10-21(28)29-19-11-16(6-7-17(13)19)25-20(27)12-30-22-24-9-8-18(26-22)14-2-4-15(23)5-3-14/h2-11H,12H2,1H3,(H,25,27). The van der Waals surface area contributed by atoms with Crippen molar-refractivity contribution in [2.45, 2.75) is 12.1 Å². The molecular formula is C22H16FN3O3S. The van der Waals surface area contributed by atoms with Crippen LogP contribution >= 0.6 is 11.8 Å². The van der Waals surface area contributed by atoms with Crippen LogP contribution in [0.15, 0.2) is 75.2 Å². The van der Waals surface area contributed by atoms with Crippen LogP contribution in [0.2, 0.25) is 0 Å². The molecule has 1 amide bonds. The lowest BCUT2D eigenvalue weighted by Gasteiger charge is -2.07. The molecule has 6 nitrogen and oxygen atoms in total. The van der Waals surface area contributed by atoms with Gasteiger partial charge in [0.25, 0.3) is 0 Å². The number of halogens is 1. The van der Waals surface area contributed by atoms with Gasteiger partial charge in [-0.3, -0.25) is 4.79 Å². The Balaban J connectivity index is 1.43. The summed E-state index contributed by atoms with van der Waals surface area (Å²) in [5.41, 5.74) is 2.74. The second-order valence-electron chi connectivity index (χ2n) is 6.53. The number of benzene rings is 2. The molecule has 4 rings (SSSR count). The van der Waals surface area contributed by atoms with Crippen molar-refractivity contribution in [3.63, 3.8) is 0 Å². The number of thioether (sulfide) groups is 1. The molecule has 0 saturated carbocycles. The summed E-state index contributed by atoms with van der Waals surface area (Å²) in [7, 11) is 0. The van der Waals surface area contributed by atoms with Gasteiger partial charge in [0.2, 0.25) is 5.91 Å². The summed E-state index contributed by atoms with van der Waals surface area (Å²) in [6.45, 7) is 1.83. The van der Waals surface area contributed by atoms with Gasteiger partial charge in [0, 0.05) is 35.0 Å². The predicted molar refractivity (Wildman–Crippen MR) is 114 cm³/mol. The Morgan fingerprint density at radius 2 is 1.93 bits per heavy atom. The van der Waals surface area contributed by atoms with Crippen molar-refractivity contribution in [3.05, 3.63) is 82.6 Å². The van der Waals surface area contributed by atoms with Gasteiger partial charge in [0.05, 0.1) is 11.4 Å². The van der Waals surface area contributed by atoms with Gasteiger partial charge in [-0.1, -0.05) is 11.8 Å². The van der Waals surface area contributed by atoms with Gasteiger partial charge >= 0.3 is 5.63 Å². The molecule has 0 atom stereocenters. The first-order valence-electron chi connectivity index (χ1n) is 9.04. The number of carbonyl (C=O) groups excluding carboxylic acids is 1. The van der Waals surface area contributed by atoms with Crippen molar-refractivity contribution >= 4 is 34.3 Å². The number of nitrogens with zero attached hydrogens (tertiary/aromatic N) is 2. The highest BCUT2D eigenvalue weighted by molar-refractivity contribution is 7.99. The molecule has 0 fully saturated rings. The molecule has 4 aromatic rings. The van der Waals surface area contributed by atoms with Gasteiger partial charge < -0.3 is 9.73 Å². The largest absolute Gasteiger partial charge is 0.423 e. The first-order valence-corrected chi connectivity index (χ1v) is 10.0. The smallest absolute Gasteiger partial charge is 0.336 e. The van der Waals surface area contributed by atoms with Crippen molar-refractivity contribution < 1.29 is 13.6 Å². The minimum atomic E-state index is -0.433. The third kappa shape index (κ3) is 4.55. The molecule has 0 aliphatic heterocycles. The lowest BCUT2D eigenvalue weighted by molar-refractivity contribution is -0.113. The maximum Gasteiger partial charge on any atom is 0.336 e. The maximum absolute atomic E-state index is 13.1. The van der Waals surface area contributed by atoms with Gasteiger partial charge in [0.1, 0.15) is 11.4 Å². The fourth-order valence-corrected chi connectivity index (χ4v) is 3.55. The Morgan fingerprint density at radius 3 is 2.73 bits per heavy atom. The Kier molecular flexibility index (Phi) is 5.58. The topological polar surface area (TPSA) is 85.1 Å².